The molecule has 2 fully saturated rings. The molecule has 3 rings (SSSR count). The van der Waals surface area contributed by atoms with Crippen LogP contribution in [-0.4, -0.2) is 40.8 Å². The number of carboxylic acid groups (broad SMARTS) is 1. The molecule has 0 aromatic heterocycles. The Labute approximate surface area is 136 Å². The Balaban J connectivity index is 1.66. The molecule has 1 heterocycles. The number of benzene rings is 1. The van der Waals surface area contributed by atoms with Gasteiger partial charge in [-0.05, 0) is 57.2 Å². The lowest BCUT2D eigenvalue weighted by molar-refractivity contribution is 0.0198. The fourth-order valence-electron chi connectivity index (χ4n) is 3.55. The molecule has 2 aliphatic rings. The van der Waals surface area contributed by atoms with Gasteiger partial charge in [-0.3, -0.25) is 0 Å². The van der Waals surface area contributed by atoms with Gasteiger partial charge in [-0.25, -0.2) is 9.59 Å². The maximum absolute atomic E-state index is 12.2. The van der Waals surface area contributed by atoms with Crippen LogP contribution >= 0.6 is 0 Å². The molecule has 0 radical (unpaired) electrons. The Hall–Kier alpha value is -2.04. The van der Waals surface area contributed by atoms with Crippen LogP contribution in [0, 0.1) is 5.92 Å². The number of carbonyl (C=O) groups is 2. The number of rotatable bonds is 2. The standard InChI is InChI=1S/C18H23NO4/c1-17(2,3)23-16(22)19-9-8-18(10-14(18)11-19)13-6-4-12(5-7-13)15(20)21/h4-7,14H,8-11H2,1-3H3,(H,20,21). The van der Waals surface area contributed by atoms with Crippen LogP contribution in [0.25, 0.3) is 0 Å². The van der Waals surface area contributed by atoms with Crippen LogP contribution in [0.2, 0.25) is 0 Å². The summed E-state index contributed by atoms with van der Waals surface area (Å²) in [4.78, 5) is 24.9. The Morgan fingerprint density at radius 1 is 1.26 bits per heavy atom. The zero-order valence-corrected chi connectivity index (χ0v) is 13.8. The van der Waals surface area contributed by atoms with E-state index in [1.54, 1.807) is 17.0 Å². The fourth-order valence-corrected chi connectivity index (χ4v) is 3.55. The van der Waals surface area contributed by atoms with Crippen molar-refractivity contribution in [3.8, 4) is 0 Å². The van der Waals surface area contributed by atoms with Crippen molar-refractivity contribution in [2.24, 2.45) is 5.92 Å². The van der Waals surface area contributed by atoms with E-state index >= 15 is 0 Å². The number of nitrogens with zero attached hydrogens (tertiary/aromatic N) is 1. The number of hydrogen-bond donors (Lipinski definition) is 1. The molecule has 5 nitrogen and oxygen atoms in total. The first-order valence-electron chi connectivity index (χ1n) is 8.03. The van der Waals surface area contributed by atoms with Crippen molar-refractivity contribution in [3.63, 3.8) is 0 Å². The van der Waals surface area contributed by atoms with Crippen LogP contribution in [0.4, 0.5) is 4.79 Å². The number of likely N-dealkylation sites (tertiary alicyclic amines) is 1. The van der Waals surface area contributed by atoms with Gasteiger partial charge in [0.15, 0.2) is 0 Å². The molecule has 5 heteroatoms. The number of ether oxygens (including phenoxy) is 1. The van der Waals surface area contributed by atoms with Crippen molar-refractivity contribution >= 4 is 12.1 Å². The molecular formula is C18H23NO4. The average molecular weight is 317 g/mol. The van der Waals surface area contributed by atoms with Gasteiger partial charge in [0.1, 0.15) is 5.60 Å². The first kappa shape index (κ1) is 15.8. The van der Waals surface area contributed by atoms with Gasteiger partial charge in [0.05, 0.1) is 5.56 Å². The van der Waals surface area contributed by atoms with Gasteiger partial charge in [-0.2, -0.15) is 0 Å². The van der Waals surface area contributed by atoms with Crippen LogP contribution in [0.5, 0.6) is 0 Å². The molecule has 1 amide bonds. The van der Waals surface area contributed by atoms with Crippen LogP contribution in [-0.2, 0) is 10.2 Å². The minimum absolute atomic E-state index is 0.121. The Kier molecular flexibility index (Phi) is 3.62. The van der Waals surface area contributed by atoms with E-state index in [4.69, 9.17) is 9.84 Å². The molecule has 23 heavy (non-hydrogen) atoms. The van der Waals surface area contributed by atoms with Crippen LogP contribution in [0.15, 0.2) is 24.3 Å². The third-order valence-corrected chi connectivity index (χ3v) is 4.86. The minimum atomic E-state index is -0.902. The highest BCUT2D eigenvalue weighted by Crippen LogP contribution is 2.59. The maximum atomic E-state index is 12.2. The predicted molar refractivity (Wildman–Crippen MR) is 85.6 cm³/mol. The summed E-state index contributed by atoms with van der Waals surface area (Å²) in [6.45, 7) is 7.03. The van der Waals surface area contributed by atoms with Crippen LogP contribution in [0.1, 0.15) is 49.5 Å². The summed E-state index contributed by atoms with van der Waals surface area (Å²) >= 11 is 0. The van der Waals surface area contributed by atoms with Gasteiger partial charge >= 0.3 is 12.1 Å². The molecule has 1 aromatic rings. The summed E-state index contributed by atoms with van der Waals surface area (Å²) < 4.78 is 5.45. The van der Waals surface area contributed by atoms with E-state index in [9.17, 15) is 9.59 Å². The second kappa shape index (κ2) is 5.25. The normalized spacial score (nSPS) is 26.4. The quantitative estimate of drug-likeness (QED) is 0.909. The van der Waals surface area contributed by atoms with E-state index in [0.29, 0.717) is 18.0 Å². The van der Waals surface area contributed by atoms with Crippen LogP contribution < -0.4 is 0 Å². The molecule has 1 aromatic carbocycles. The van der Waals surface area contributed by atoms with Crippen molar-refractivity contribution < 1.29 is 19.4 Å². The third-order valence-electron chi connectivity index (χ3n) is 4.86. The summed E-state index contributed by atoms with van der Waals surface area (Å²) in [7, 11) is 0. The van der Waals surface area contributed by atoms with Crippen molar-refractivity contribution in [1.29, 1.82) is 0 Å². The zero-order chi connectivity index (χ0) is 16.8. The molecule has 1 saturated carbocycles. The average Bonchev–Trinajstić information content (AvgIpc) is 3.20. The number of aromatic carboxylic acids is 1. The van der Waals surface area contributed by atoms with Gasteiger partial charge in [-0.15, -0.1) is 0 Å². The predicted octanol–water partition coefficient (Wildman–Crippen LogP) is 3.28. The zero-order valence-electron chi connectivity index (χ0n) is 13.8. The Morgan fingerprint density at radius 2 is 1.91 bits per heavy atom. The smallest absolute Gasteiger partial charge is 0.410 e. The second-order valence-electron chi connectivity index (χ2n) is 7.62. The molecule has 2 unspecified atom stereocenters. The lowest BCUT2D eigenvalue weighted by Crippen LogP contribution is -2.43. The van der Waals surface area contributed by atoms with E-state index in [1.165, 1.54) is 5.56 Å². The first-order chi connectivity index (χ1) is 10.7. The Morgan fingerprint density at radius 3 is 2.43 bits per heavy atom. The van der Waals surface area contributed by atoms with E-state index in [1.807, 2.05) is 32.9 Å². The maximum Gasteiger partial charge on any atom is 0.410 e. The molecule has 0 spiro atoms. The van der Waals surface area contributed by atoms with Crippen molar-refractivity contribution in [2.75, 3.05) is 13.1 Å². The van der Waals surface area contributed by atoms with Gasteiger partial charge in [-0.1, -0.05) is 12.1 Å². The van der Waals surface area contributed by atoms with Crippen molar-refractivity contribution in [2.45, 2.75) is 44.6 Å². The highest BCUT2D eigenvalue weighted by Gasteiger charge is 2.58. The third kappa shape index (κ3) is 3.05. The minimum Gasteiger partial charge on any atom is -0.478 e. The summed E-state index contributed by atoms with van der Waals surface area (Å²) in [6.07, 6.45) is 1.72. The van der Waals surface area contributed by atoms with Gasteiger partial charge < -0.3 is 14.7 Å². The summed E-state index contributed by atoms with van der Waals surface area (Å²) in [5.41, 5.74) is 1.15. The van der Waals surface area contributed by atoms with E-state index in [2.05, 4.69) is 0 Å². The molecule has 1 N–H and O–H groups in total. The van der Waals surface area contributed by atoms with Crippen molar-refractivity contribution in [1.82, 2.24) is 4.90 Å². The number of fused-ring (bicyclic) bond motifs is 1. The van der Waals surface area contributed by atoms with Gasteiger partial charge in [0.25, 0.3) is 0 Å². The lowest BCUT2D eigenvalue weighted by Gasteiger charge is -2.33. The van der Waals surface area contributed by atoms with Gasteiger partial charge in [0, 0.05) is 18.5 Å². The Bertz CT molecular complexity index is 631. The van der Waals surface area contributed by atoms with E-state index in [-0.39, 0.29) is 11.5 Å². The highest BCUT2D eigenvalue weighted by atomic mass is 16.6. The lowest BCUT2D eigenvalue weighted by atomic mass is 9.87. The van der Waals surface area contributed by atoms with Crippen molar-refractivity contribution in [3.05, 3.63) is 35.4 Å². The first-order valence-corrected chi connectivity index (χ1v) is 8.03. The summed E-state index contributed by atoms with van der Waals surface area (Å²) in [5.74, 6) is -0.458. The molecule has 124 valence electrons. The number of hydrogen-bond acceptors (Lipinski definition) is 3. The van der Waals surface area contributed by atoms with Crippen LogP contribution in [0.3, 0.4) is 0 Å². The summed E-state index contributed by atoms with van der Waals surface area (Å²) in [6, 6.07) is 7.18. The van der Waals surface area contributed by atoms with Gasteiger partial charge in [0.2, 0.25) is 0 Å². The molecule has 1 aliphatic carbocycles. The largest absolute Gasteiger partial charge is 0.478 e. The number of amides is 1. The monoisotopic (exact) mass is 317 g/mol. The number of piperidine rings is 1. The number of carbonyl (C=O) groups excluding carboxylic acids is 1. The highest BCUT2D eigenvalue weighted by molar-refractivity contribution is 5.87. The SMILES string of the molecule is CC(C)(C)OC(=O)N1CCC2(c3ccc(C(=O)O)cc3)CC2C1. The topological polar surface area (TPSA) is 66.8 Å². The second-order valence-corrected chi connectivity index (χ2v) is 7.62. The molecule has 2 atom stereocenters. The molecule has 1 saturated heterocycles. The van der Waals surface area contributed by atoms with E-state index < -0.39 is 11.6 Å². The summed E-state index contributed by atoms with van der Waals surface area (Å²) in [5, 5.41) is 8.99. The molecule has 0 bridgehead atoms. The number of carboxylic acids is 1. The molecule has 1 aliphatic heterocycles. The molecular weight excluding hydrogens is 294 g/mol. The van der Waals surface area contributed by atoms with E-state index in [0.717, 1.165) is 19.4 Å². The fraction of sp³-hybridized carbons (Fsp3) is 0.556.